The van der Waals surface area contributed by atoms with Gasteiger partial charge >= 0.3 is 6.03 Å². The highest BCUT2D eigenvalue weighted by molar-refractivity contribution is 5.74. The lowest BCUT2D eigenvalue weighted by Gasteiger charge is -2.44. The molecule has 6 heteroatoms. The lowest BCUT2D eigenvalue weighted by Crippen LogP contribution is -2.58. The first kappa shape index (κ1) is 17.3. The van der Waals surface area contributed by atoms with Crippen molar-refractivity contribution in [2.75, 3.05) is 39.9 Å². The zero-order valence-electron chi connectivity index (χ0n) is 14.8. The molecule has 0 saturated carbocycles. The highest BCUT2D eigenvalue weighted by atomic mass is 16.5. The number of carbonyl (C=O) groups excluding carboxylic acids is 1. The van der Waals surface area contributed by atoms with E-state index >= 15 is 0 Å². The summed E-state index contributed by atoms with van der Waals surface area (Å²) >= 11 is 0. The topological polar surface area (TPSA) is 58.0 Å². The first-order valence-electron chi connectivity index (χ1n) is 9.02. The summed E-state index contributed by atoms with van der Waals surface area (Å²) in [5, 5.41) is 3.14. The maximum Gasteiger partial charge on any atom is 0.318 e. The van der Waals surface area contributed by atoms with Crippen LogP contribution in [0.2, 0.25) is 0 Å². The number of piperazine rings is 1. The number of furan rings is 1. The van der Waals surface area contributed by atoms with Gasteiger partial charge < -0.3 is 19.4 Å². The molecule has 6 nitrogen and oxygen atoms in total. The van der Waals surface area contributed by atoms with Crippen molar-refractivity contribution in [1.82, 2.24) is 15.1 Å². The van der Waals surface area contributed by atoms with Crippen LogP contribution >= 0.6 is 0 Å². The van der Waals surface area contributed by atoms with Crippen LogP contribution in [-0.2, 0) is 4.74 Å². The van der Waals surface area contributed by atoms with Crippen LogP contribution in [0, 0.1) is 6.92 Å². The van der Waals surface area contributed by atoms with Gasteiger partial charge in [-0.3, -0.25) is 4.90 Å². The molecule has 2 atom stereocenters. The summed E-state index contributed by atoms with van der Waals surface area (Å²) in [6.07, 6.45) is 4.48. The van der Waals surface area contributed by atoms with E-state index in [1.807, 2.05) is 24.0 Å². The Bertz CT molecular complexity index is 545. The molecule has 3 rings (SSSR count). The molecular weight excluding hydrogens is 306 g/mol. The van der Waals surface area contributed by atoms with Crippen LogP contribution in [0.4, 0.5) is 4.79 Å². The van der Waals surface area contributed by atoms with E-state index < -0.39 is 0 Å². The smallest absolute Gasteiger partial charge is 0.318 e. The molecule has 0 spiro atoms. The third-order valence-corrected chi connectivity index (χ3v) is 5.14. The van der Waals surface area contributed by atoms with Crippen molar-refractivity contribution in [3.05, 3.63) is 23.7 Å². The number of urea groups is 1. The minimum absolute atomic E-state index is 0.00961. The minimum Gasteiger partial charge on any atom is -0.464 e. The Morgan fingerprint density at radius 3 is 3.00 bits per heavy atom. The molecule has 0 aromatic carbocycles. The average Bonchev–Trinajstić information content (AvgIpc) is 3.04. The predicted octanol–water partition coefficient (Wildman–Crippen LogP) is 2.55. The van der Waals surface area contributed by atoms with E-state index in [0.717, 1.165) is 31.2 Å². The number of aryl methyl sites for hydroxylation is 1. The summed E-state index contributed by atoms with van der Waals surface area (Å²) in [6, 6.07) is 4.27. The van der Waals surface area contributed by atoms with Gasteiger partial charge in [0.15, 0.2) is 0 Å². The minimum atomic E-state index is -0.143. The third kappa shape index (κ3) is 4.11. The SMILES string of the molecule is COCC[C@@H](NC(=O)N1CCN2CCCC[C@@H]2C1)c1ccc(C)o1. The maximum absolute atomic E-state index is 12.7. The van der Waals surface area contributed by atoms with Crippen molar-refractivity contribution in [3.63, 3.8) is 0 Å². The maximum atomic E-state index is 12.7. The molecule has 0 radical (unpaired) electrons. The first-order valence-corrected chi connectivity index (χ1v) is 9.02. The number of ether oxygens (including phenoxy) is 1. The molecule has 0 bridgehead atoms. The van der Waals surface area contributed by atoms with Crippen molar-refractivity contribution in [2.45, 2.75) is 44.7 Å². The standard InChI is InChI=1S/C18H29N3O3/c1-14-6-7-17(24-14)16(8-12-23-2)19-18(22)21-11-10-20-9-4-3-5-15(20)13-21/h6-7,15-16H,3-5,8-13H2,1-2H3,(H,19,22)/t15-,16-/m1/s1. The van der Waals surface area contributed by atoms with Crippen LogP contribution in [0.25, 0.3) is 0 Å². The Morgan fingerprint density at radius 1 is 1.38 bits per heavy atom. The summed E-state index contributed by atoms with van der Waals surface area (Å²) in [4.78, 5) is 17.2. The largest absolute Gasteiger partial charge is 0.464 e. The van der Waals surface area contributed by atoms with E-state index in [1.54, 1.807) is 7.11 Å². The number of hydrogen-bond acceptors (Lipinski definition) is 4. The first-order chi connectivity index (χ1) is 11.7. The molecule has 3 heterocycles. The van der Waals surface area contributed by atoms with Crippen molar-refractivity contribution < 1.29 is 13.9 Å². The normalized spacial score (nSPS) is 22.9. The molecule has 0 unspecified atom stereocenters. The molecular formula is C18H29N3O3. The second-order valence-corrected chi connectivity index (χ2v) is 6.86. The second-order valence-electron chi connectivity index (χ2n) is 6.86. The zero-order valence-corrected chi connectivity index (χ0v) is 14.8. The van der Waals surface area contributed by atoms with Gasteiger partial charge in [0.05, 0.1) is 6.04 Å². The Balaban J connectivity index is 1.60. The number of amides is 2. The van der Waals surface area contributed by atoms with Crippen molar-refractivity contribution in [1.29, 1.82) is 0 Å². The quantitative estimate of drug-likeness (QED) is 0.898. The van der Waals surface area contributed by atoms with E-state index in [0.29, 0.717) is 19.1 Å². The summed E-state index contributed by atoms with van der Waals surface area (Å²) in [7, 11) is 1.68. The highest BCUT2D eigenvalue weighted by Gasteiger charge is 2.32. The Hall–Kier alpha value is -1.53. The van der Waals surface area contributed by atoms with Gasteiger partial charge in [-0.05, 0) is 44.9 Å². The highest BCUT2D eigenvalue weighted by Crippen LogP contribution is 2.23. The predicted molar refractivity (Wildman–Crippen MR) is 92.0 cm³/mol. The average molecular weight is 335 g/mol. The fraction of sp³-hybridized carbons (Fsp3) is 0.722. The molecule has 2 aliphatic rings. The number of rotatable bonds is 5. The van der Waals surface area contributed by atoms with E-state index in [1.165, 1.54) is 25.8 Å². The van der Waals surface area contributed by atoms with Crippen LogP contribution in [-0.4, -0.2) is 61.8 Å². The summed E-state index contributed by atoms with van der Waals surface area (Å²) < 4.78 is 10.9. The van der Waals surface area contributed by atoms with Crippen LogP contribution in [0.15, 0.2) is 16.5 Å². The Labute approximate surface area is 144 Å². The van der Waals surface area contributed by atoms with Crippen LogP contribution in [0.5, 0.6) is 0 Å². The number of piperidine rings is 1. The van der Waals surface area contributed by atoms with Gasteiger partial charge in [-0.25, -0.2) is 4.79 Å². The van der Waals surface area contributed by atoms with E-state index in [2.05, 4.69) is 10.2 Å². The molecule has 2 aliphatic heterocycles. The van der Waals surface area contributed by atoms with Crippen LogP contribution in [0.1, 0.15) is 43.2 Å². The molecule has 2 amide bonds. The number of nitrogens with one attached hydrogen (secondary N) is 1. The Morgan fingerprint density at radius 2 is 2.25 bits per heavy atom. The van der Waals surface area contributed by atoms with Gasteiger partial charge in [0, 0.05) is 39.4 Å². The van der Waals surface area contributed by atoms with Crippen molar-refractivity contribution in [2.24, 2.45) is 0 Å². The summed E-state index contributed by atoms with van der Waals surface area (Å²) in [5.74, 6) is 1.66. The van der Waals surface area contributed by atoms with Gasteiger partial charge in [0.2, 0.25) is 0 Å². The number of methoxy groups -OCH3 is 1. The van der Waals surface area contributed by atoms with Crippen molar-refractivity contribution >= 4 is 6.03 Å². The molecule has 1 N–H and O–H groups in total. The van der Waals surface area contributed by atoms with E-state index in [-0.39, 0.29) is 12.1 Å². The molecule has 0 aliphatic carbocycles. The number of hydrogen-bond donors (Lipinski definition) is 1. The molecule has 134 valence electrons. The van der Waals surface area contributed by atoms with Gasteiger partial charge in [0.25, 0.3) is 0 Å². The molecule has 24 heavy (non-hydrogen) atoms. The van der Waals surface area contributed by atoms with Gasteiger partial charge in [-0.15, -0.1) is 0 Å². The summed E-state index contributed by atoms with van der Waals surface area (Å²) in [5.41, 5.74) is 0. The molecule has 2 saturated heterocycles. The third-order valence-electron chi connectivity index (χ3n) is 5.14. The van der Waals surface area contributed by atoms with E-state index in [9.17, 15) is 4.79 Å². The van der Waals surface area contributed by atoms with Gasteiger partial charge in [-0.1, -0.05) is 6.42 Å². The number of fused-ring (bicyclic) bond motifs is 1. The molecule has 2 fully saturated rings. The zero-order chi connectivity index (χ0) is 16.9. The number of nitrogens with zero attached hydrogens (tertiary/aromatic N) is 2. The molecule has 1 aromatic heterocycles. The van der Waals surface area contributed by atoms with Gasteiger partial charge in [-0.2, -0.15) is 0 Å². The fourth-order valence-corrected chi connectivity index (χ4v) is 3.74. The van der Waals surface area contributed by atoms with E-state index in [4.69, 9.17) is 9.15 Å². The molecule has 1 aromatic rings. The van der Waals surface area contributed by atoms with Crippen LogP contribution < -0.4 is 5.32 Å². The van der Waals surface area contributed by atoms with Crippen LogP contribution in [0.3, 0.4) is 0 Å². The lowest BCUT2D eigenvalue weighted by atomic mass is 10.00. The summed E-state index contributed by atoms with van der Waals surface area (Å²) in [6.45, 7) is 6.31. The monoisotopic (exact) mass is 335 g/mol. The Kier molecular flexibility index (Phi) is 5.79. The fourth-order valence-electron chi connectivity index (χ4n) is 3.74. The van der Waals surface area contributed by atoms with Gasteiger partial charge in [0.1, 0.15) is 11.5 Å². The van der Waals surface area contributed by atoms with Crippen molar-refractivity contribution in [3.8, 4) is 0 Å². The lowest BCUT2D eigenvalue weighted by molar-refractivity contribution is 0.0628. The number of carbonyl (C=O) groups is 1. The second kappa shape index (κ2) is 8.03.